The van der Waals surface area contributed by atoms with Gasteiger partial charge in [0.25, 0.3) is 5.91 Å². The Hall–Kier alpha value is -2.37. The van der Waals surface area contributed by atoms with Crippen molar-refractivity contribution in [1.82, 2.24) is 15.3 Å². The van der Waals surface area contributed by atoms with Crippen molar-refractivity contribution in [3.63, 3.8) is 0 Å². The van der Waals surface area contributed by atoms with Crippen LogP contribution in [0.25, 0.3) is 0 Å². The fourth-order valence-electron chi connectivity index (χ4n) is 1.89. The first kappa shape index (κ1) is 15.0. The van der Waals surface area contributed by atoms with Gasteiger partial charge in [0.2, 0.25) is 11.6 Å². The molecule has 0 aliphatic carbocycles. The molecular weight excluding hydrogens is 270 g/mol. The van der Waals surface area contributed by atoms with Crippen LogP contribution in [-0.4, -0.2) is 22.0 Å². The second kappa shape index (κ2) is 6.39. The van der Waals surface area contributed by atoms with Crippen LogP contribution in [-0.2, 0) is 6.54 Å². The lowest BCUT2D eigenvalue weighted by molar-refractivity contribution is 0.0920. The summed E-state index contributed by atoms with van der Waals surface area (Å²) in [6.07, 6.45) is 1.68. The smallest absolute Gasteiger partial charge is 0.289 e. The van der Waals surface area contributed by atoms with Crippen LogP contribution >= 0.6 is 0 Å². The lowest BCUT2D eigenvalue weighted by atomic mass is 10.2. The molecule has 0 aliphatic heterocycles. The number of nitrogens with one attached hydrogen (secondary N) is 1. The number of hydrogen-bond acceptors (Lipinski definition) is 5. The van der Waals surface area contributed by atoms with E-state index in [1.165, 1.54) is 0 Å². The minimum Gasteiger partial charge on any atom is -0.475 e. The molecule has 21 heavy (non-hydrogen) atoms. The molecule has 2 aromatic heterocycles. The summed E-state index contributed by atoms with van der Waals surface area (Å²) < 4.78 is 10.9. The number of pyridine rings is 1. The normalized spacial score (nSPS) is 10.7. The van der Waals surface area contributed by atoms with Crippen LogP contribution in [0.2, 0.25) is 0 Å². The third-order valence-electron chi connectivity index (χ3n) is 2.75. The van der Waals surface area contributed by atoms with Gasteiger partial charge in [-0.3, -0.25) is 4.79 Å². The standard InChI is InChI=1S/C15H19N3O3/c1-9(2)20-15-12(6-5-7-16-15)8-17-14(19)13-10(3)18-11(4)21-13/h5-7,9H,8H2,1-4H3,(H,17,19). The van der Waals surface area contributed by atoms with Crippen LogP contribution in [0.5, 0.6) is 5.88 Å². The molecule has 0 saturated carbocycles. The third-order valence-corrected chi connectivity index (χ3v) is 2.75. The van der Waals surface area contributed by atoms with Crippen LogP contribution in [0.4, 0.5) is 0 Å². The van der Waals surface area contributed by atoms with Crippen molar-refractivity contribution in [3.8, 4) is 5.88 Å². The maximum absolute atomic E-state index is 12.1. The summed E-state index contributed by atoms with van der Waals surface area (Å²) >= 11 is 0. The van der Waals surface area contributed by atoms with Gasteiger partial charge in [-0.05, 0) is 26.8 Å². The average molecular weight is 289 g/mol. The second-order valence-corrected chi connectivity index (χ2v) is 4.96. The minimum atomic E-state index is -0.299. The summed E-state index contributed by atoms with van der Waals surface area (Å²) in [5.41, 5.74) is 1.39. The van der Waals surface area contributed by atoms with E-state index in [4.69, 9.17) is 9.15 Å². The summed E-state index contributed by atoms with van der Waals surface area (Å²) in [6, 6.07) is 3.67. The zero-order chi connectivity index (χ0) is 15.4. The van der Waals surface area contributed by atoms with Gasteiger partial charge in [0, 0.05) is 25.2 Å². The van der Waals surface area contributed by atoms with Crippen LogP contribution in [0, 0.1) is 13.8 Å². The van der Waals surface area contributed by atoms with Crippen molar-refractivity contribution >= 4 is 5.91 Å². The Labute approximate surface area is 123 Å². The Morgan fingerprint density at radius 1 is 1.43 bits per heavy atom. The molecule has 0 aromatic carbocycles. The van der Waals surface area contributed by atoms with Gasteiger partial charge in [0.1, 0.15) is 0 Å². The lowest BCUT2D eigenvalue weighted by Crippen LogP contribution is -2.24. The molecule has 0 fully saturated rings. The highest BCUT2D eigenvalue weighted by molar-refractivity contribution is 5.92. The number of carbonyl (C=O) groups is 1. The van der Waals surface area contributed by atoms with Gasteiger partial charge in [0.05, 0.1) is 11.8 Å². The SMILES string of the molecule is Cc1nc(C)c(C(=O)NCc2cccnc2OC(C)C)o1. The fraction of sp³-hybridized carbons (Fsp3) is 0.400. The third kappa shape index (κ3) is 3.81. The fourth-order valence-corrected chi connectivity index (χ4v) is 1.89. The van der Waals surface area contributed by atoms with Crippen LogP contribution in [0.3, 0.4) is 0 Å². The van der Waals surface area contributed by atoms with Crippen molar-refractivity contribution in [1.29, 1.82) is 0 Å². The van der Waals surface area contributed by atoms with Gasteiger partial charge in [-0.2, -0.15) is 0 Å². The minimum absolute atomic E-state index is 0.0218. The molecule has 0 aliphatic rings. The second-order valence-electron chi connectivity index (χ2n) is 4.96. The topological polar surface area (TPSA) is 77.2 Å². The highest BCUT2D eigenvalue weighted by Gasteiger charge is 2.16. The molecule has 0 spiro atoms. The van der Waals surface area contributed by atoms with Gasteiger partial charge >= 0.3 is 0 Å². The number of aromatic nitrogens is 2. The van der Waals surface area contributed by atoms with Gasteiger partial charge in [-0.15, -0.1) is 0 Å². The van der Waals surface area contributed by atoms with Crippen LogP contribution in [0.15, 0.2) is 22.7 Å². The maximum Gasteiger partial charge on any atom is 0.289 e. The largest absolute Gasteiger partial charge is 0.475 e. The van der Waals surface area contributed by atoms with E-state index >= 15 is 0 Å². The molecular formula is C15H19N3O3. The Morgan fingerprint density at radius 3 is 2.81 bits per heavy atom. The molecule has 0 unspecified atom stereocenters. The molecule has 2 aromatic rings. The Bertz CT molecular complexity index is 635. The summed E-state index contributed by atoms with van der Waals surface area (Å²) in [5.74, 6) is 0.941. The van der Waals surface area contributed by atoms with Crippen molar-refractivity contribution in [2.45, 2.75) is 40.3 Å². The van der Waals surface area contributed by atoms with Crippen LogP contribution < -0.4 is 10.1 Å². The first-order chi connectivity index (χ1) is 9.97. The average Bonchev–Trinajstić information content (AvgIpc) is 2.76. The predicted molar refractivity (Wildman–Crippen MR) is 77.1 cm³/mol. The Kier molecular flexibility index (Phi) is 4.57. The summed E-state index contributed by atoms with van der Waals surface area (Å²) in [5, 5.41) is 2.79. The molecule has 1 N–H and O–H groups in total. The number of hydrogen-bond donors (Lipinski definition) is 1. The number of carbonyl (C=O) groups excluding carboxylic acids is 1. The zero-order valence-corrected chi connectivity index (χ0v) is 12.6. The molecule has 2 heterocycles. The van der Waals surface area contributed by atoms with E-state index in [9.17, 15) is 4.79 Å². The molecule has 0 atom stereocenters. The van der Waals surface area contributed by atoms with Crippen LogP contribution in [0.1, 0.15) is 41.6 Å². The van der Waals surface area contributed by atoms with Crippen molar-refractivity contribution < 1.29 is 13.9 Å². The molecule has 0 saturated heterocycles. The zero-order valence-electron chi connectivity index (χ0n) is 12.6. The van der Waals surface area contributed by atoms with Crippen molar-refractivity contribution in [2.24, 2.45) is 0 Å². The van der Waals surface area contributed by atoms with E-state index < -0.39 is 0 Å². The lowest BCUT2D eigenvalue weighted by Gasteiger charge is -2.13. The Balaban J connectivity index is 2.06. The molecule has 112 valence electrons. The van der Waals surface area contributed by atoms with E-state index in [-0.39, 0.29) is 17.8 Å². The monoisotopic (exact) mass is 289 g/mol. The molecule has 6 nitrogen and oxygen atoms in total. The molecule has 2 rings (SSSR count). The van der Waals surface area contributed by atoms with E-state index in [1.54, 1.807) is 26.1 Å². The molecule has 1 amide bonds. The van der Waals surface area contributed by atoms with E-state index in [0.29, 0.717) is 24.0 Å². The van der Waals surface area contributed by atoms with Gasteiger partial charge < -0.3 is 14.5 Å². The molecule has 0 radical (unpaired) electrons. The summed E-state index contributed by atoms with van der Waals surface area (Å²) in [7, 11) is 0. The Morgan fingerprint density at radius 2 is 2.19 bits per heavy atom. The maximum atomic E-state index is 12.1. The summed E-state index contributed by atoms with van der Waals surface area (Å²) in [6.45, 7) is 7.62. The summed E-state index contributed by atoms with van der Waals surface area (Å²) in [4.78, 5) is 20.3. The van der Waals surface area contributed by atoms with Gasteiger partial charge in [-0.1, -0.05) is 6.07 Å². The number of nitrogens with zero attached hydrogens (tertiary/aromatic N) is 2. The quantitative estimate of drug-likeness (QED) is 0.914. The first-order valence-electron chi connectivity index (χ1n) is 6.80. The number of oxazole rings is 1. The number of amides is 1. The molecule has 0 bridgehead atoms. The van der Waals surface area contributed by atoms with E-state index in [1.807, 2.05) is 19.9 Å². The predicted octanol–water partition coefficient (Wildman–Crippen LogP) is 2.40. The van der Waals surface area contributed by atoms with Gasteiger partial charge in [0.15, 0.2) is 5.89 Å². The molecule has 6 heteroatoms. The highest BCUT2D eigenvalue weighted by atomic mass is 16.5. The van der Waals surface area contributed by atoms with Gasteiger partial charge in [-0.25, -0.2) is 9.97 Å². The van der Waals surface area contributed by atoms with Crippen molar-refractivity contribution in [3.05, 3.63) is 41.2 Å². The highest BCUT2D eigenvalue weighted by Crippen LogP contribution is 2.16. The number of rotatable bonds is 5. The first-order valence-corrected chi connectivity index (χ1v) is 6.80. The van der Waals surface area contributed by atoms with Crippen molar-refractivity contribution in [2.75, 3.05) is 0 Å². The number of aryl methyl sites for hydroxylation is 2. The number of ether oxygens (including phenoxy) is 1. The van der Waals surface area contributed by atoms with E-state index in [0.717, 1.165) is 5.56 Å². The van der Waals surface area contributed by atoms with E-state index in [2.05, 4.69) is 15.3 Å².